The highest BCUT2D eigenvalue weighted by Gasteiger charge is 2.15. The van der Waals surface area contributed by atoms with E-state index in [1.165, 1.54) is 18.2 Å². The van der Waals surface area contributed by atoms with Crippen LogP contribution < -0.4 is 5.32 Å². The molecule has 0 unspecified atom stereocenters. The van der Waals surface area contributed by atoms with Crippen molar-refractivity contribution in [2.75, 3.05) is 19.6 Å². The molecule has 2 N–H and O–H groups in total. The first-order valence-corrected chi connectivity index (χ1v) is 7.99. The van der Waals surface area contributed by atoms with E-state index < -0.39 is 17.7 Å². The molecule has 0 radical (unpaired) electrons. The summed E-state index contributed by atoms with van der Waals surface area (Å²) in [4.78, 5) is 24.2. The zero-order chi connectivity index (χ0) is 18.9. The van der Waals surface area contributed by atoms with Crippen LogP contribution in [0.4, 0.5) is 9.18 Å². The van der Waals surface area contributed by atoms with Crippen LogP contribution in [0.5, 0.6) is 0 Å². The highest BCUT2D eigenvalue weighted by Crippen LogP contribution is 2.08. The summed E-state index contributed by atoms with van der Waals surface area (Å²) in [5.41, 5.74) is 0.324. The predicted molar refractivity (Wildman–Crippen MR) is 92.7 cm³/mol. The number of alkyl carbamates (subject to hydrolysis) is 1. The molecule has 1 aromatic rings. The fourth-order valence-corrected chi connectivity index (χ4v) is 2.02. The number of hydrogen-bond donors (Lipinski definition) is 2. The lowest BCUT2D eigenvalue weighted by molar-refractivity contribution is -0.131. The molecule has 1 amide bonds. The van der Waals surface area contributed by atoms with Crippen molar-refractivity contribution in [1.82, 2.24) is 10.2 Å². The number of ether oxygens (including phenoxy) is 1. The zero-order valence-corrected chi connectivity index (χ0v) is 14.8. The molecule has 0 aliphatic carbocycles. The molecule has 0 bridgehead atoms. The van der Waals surface area contributed by atoms with Crippen LogP contribution in [-0.4, -0.2) is 47.3 Å². The molecule has 0 fully saturated rings. The Balaban J connectivity index is 2.57. The molecule has 0 aliphatic rings. The van der Waals surface area contributed by atoms with Crippen molar-refractivity contribution >= 4 is 12.1 Å². The van der Waals surface area contributed by atoms with Crippen molar-refractivity contribution in [3.8, 4) is 0 Å². The first-order valence-electron chi connectivity index (χ1n) is 7.99. The number of nitrogens with one attached hydrogen (secondary N) is 1. The molecular formula is C18H25FN2O4. The van der Waals surface area contributed by atoms with Crippen molar-refractivity contribution < 1.29 is 23.8 Å². The van der Waals surface area contributed by atoms with E-state index in [4.69, 9.17) is 9.84 Å². The lowest BCUT2D eigenvalue weighted by Crippen LogP contribution is -2.38. The van der Waals surface area contributed by atoms with Gasteiger partial charge in [0.05, 0.1) is 0 Å². The molecule has 25 heavy (non-hydrogen) atoms. The Hall–Kier alpha value is -2.41. The topological polar surface area (TPSA) is 78.9 Å². The number of rotatable bonds is 8. The van der Waals surface area contributed by atoms with Gasteiger partial charge < -0.3 is 15.2 Å². The Labute approximate surface area is 147 Å². The van der Waals surface area contributed by atoms with Crippen molar-refractivity contribution in [2.24, 2.45) is 0 Å². The number of carboxylic acids is 1. The summed E-state index contributed by atoms with van der Waals surface area (Å²) in [5.74, 6) is -1.33. The number of halogens is 1. The third kappa shape index (κ3) is 10.1. The van der Waals surface area contributed by atoms with Crippen molar-refractivity contribution in [2.45, 2.75) is 32.9 Å². The average Bonchev–Trinajstić information content (AvgIpc) is 2.47. The zero-order valence-electron chi connectivity index (χ0n) is 14.8. The van der Waals surface area contributed by atoms with Gasteiger partial charge in [-0.1, -0.05) is 18.2 Å². The highest BCUT2D eigenvalue weighted by molar-refractivity contribution is 5.79. The Bertz CT molecular complexity index is 594. The normalized spacial score (nSPS) is 11.7. The fourth-order valence-electron chi connectivity index (χ4n) is 2.02. The summed E-state index contributed by atoms with van der Waals surface area (Å²) in [7, 11) is 0. The van der Waals surface area contributed by atoms with E-state index in [0.29, 0.717) is 26.2 Å². The van der Waals surface area contributed by atoms with Gasteiger partial charge in [-0.2, -0.15) is 0 Å². The molecule has 0 saturated heterocycles. The summed E-state index contributed by atoms with van der Waals surface area (Å²) >= 11 is 0. The first kappa shape index (κ1) is 20.6. The van der Waals surface area contributed by atoms with Crippen LogP contribution in [0.25, 0.3) is 0 Å². The number of aliphatic carboxylic acids is 1. The van der Waals surface area contributed by atoms with Gasteiger partial charge in [-0.25, -0.2) is 14.0 Å². The molecule has 138 valence electrons. The number of carbonyl (C=O) groups is 2. The van der Waals surface area contributed by atoms with Crippen molar-refractivity contribution in [1.29, 1.82) is 0 Å². The molecule has 0 aromatic heterocycles. The molecule has 0 aliphatic heterocycles. The van der Waals surface area contributed by atoms with Gasteiger partial charge >= 0.3 is 12.1 Å². The second kappa shape index (κ2) is 9.78. The second-order valence-corrected chi connectivity index (χ2v) is 6.53. The smallest absolute Gasteiger partial charge is 0.407 e. The third-order valence-corrected chi connectivity index (χ3v) is 3.04. The second-order valence-electron chi connectivity index (χ2n) is 6.53. The van der Waals surface area contributed by atoms with Crippen molar-refractivity contribution in [3.05, 3.63) is 47.8 Å². The largest absolute Gasteiger partial charge is 0.478 e. The Morgan fingerprint density at radius 1 is 1.28 bits per heavy atom. The van der Waals surface area contributed by atoms with Crippen LogP contribution >= 0.6 is 0 Å². The van der Waals surface area contributed by atoms with Gasteiger partial charge in [0, 0.05) is 32.3 Å². The van der Waals surface area contributed by atoms with Gasteiger partial charge in [-0.05, 0) is 38.5 Å². The SMILES string of the molecule is CC(C)(C)OC(=O)NCCN(CC=CC(=O)O)Cc1ccc(F)cc1. The number of carbonyl (C=O) groups excluding carboxylic acids is 1. The number of amides is 1. The molecule has 0 heterocycles. The Kier molecular flexibility index (Phi) is 8.07. The summed E-state index contributed by atoms with van der Waals surface area (Å²) in [6.07, 6.45) is 2.09. The molecule has 6 nitrogen and oxygen atoms in total. The monoisotopic (exact) mass is 352 g/mol. The van der Waals surface area contributed by atoms with Gasteiger partial charge in [0.1, 0.15) is 11.4 Å². The number of hydrogen-bond acceptors (Lipinski definition) is 4. The molecule has 0 saturated carbocycles. The van der Waals surface area contributed by atoms with E-state index in [-0.39, 0.29) is 5.82 Å². The van der Waals surface area contributed by atoms with Crippen LogP contribution in [-0.2, 0) is 16.1 Å². The maximum absolute atomic E-state index is 13.0. The van der Waals surface area contributed by atoms with Crippen LogP contribution in [0.15, 0.2) is 36.4 Å². The minimum atomic E-state index is -1.02. The maximum Gasteiger partial charge on any atom is 0.407 e. The molecule has 0 spiro atoms. The Morgan fingerprint density at radius 3 is 2.48 bits per heavy atom. The first-order chi connectivity index (χ1) is 11.7. The van der Waals surface area contributed by atoms with Crippen LogP contribution in [0.1, 0.15) is 26.3 Å². The quantitative estimate of drug-likeness (QED) is 0.704. The van der Waals surface area contributed by atoms with Crippen LogP contribution in [0.3, 0.4) is 0 Å². The van der Waals surface area contributed by atoms with Crippen molar-refractivity contribution in [3.63, 3.8) is 0 Å². The van der Waals surface area contributed by atoms with Gasteiger partial charge in [0.25, 0.3) is 0 Å². The van der Waals surface area contributed by atoms with E-state index >= 15 is 0 Å². The maximum atomic E-state index is 13.0. The van der Waals surface area contributed by atoms with Gasteiger partial charge in [0.2, 0.25) is 0 Å². The Morgan fingerprint density at radius 2 is 1.92 bits per heavy atom. The molecule has 1 aromatic carbocycles. The van der Waals surface area contributed by atoms with Gasteiger partial charge in [-0.3, -0.25) is 4.90 Å². The van der Waals surface area contributed by atoms with Crippen LogP contribution in [0.2, 0.25) is 0 Å². The van der Waals surface area contributed by atoms with Gasteiger partial charge in [-0.15, -0.1) is 0 Å². The summed E-state index contributed by atoms with van der Waals surface area (Å²) < 4.78 is 18.2. The number of nitrogens with zero attached hydrogens (tertiary/aromatic N) is 1. The standard InChI is InChI=1S/C18H25FN2O4/c1-18(2,3)25-17(24)20-10-12-21(11-4-5-16(22)23)13-14-6-8-15(19)9-7-14/h4-9H,10-13H2,1-3H3,(H,20,24)(H,22,23). The van der Waals surface area contributed by atoms with Crippen LogP contribution in [0, 0.1) is 5.82 Å². The average molecular weight is 352 g/mol. The summed E-state index contributed by atoms with van der Waals surface area (Å²) in [6, 6.07) is 6.09. The molecule has 7 heteroatoms. The van der Waals surface area contributed by atoms with E-state index in [0.717, 1.165) is 11.6 Å². The van der Waals surface area contributed by atoms with E-state index in [2.05, 4.69) is 5.32 Å². The minimum absolute atomic E-state index is 0.312. The van der Waals surface area contributed by atoms with E-state index in [1.807, 2.05) is 4.90 Å². The molecular weight excluding hydrogens is 327 g/mol. The fraction of sp³-hybridized carbons (Fsp3) is 0.444. The van der Waals surface area contributed by atoms with E-state index in [1.54, 1.807) is 32.9 Å². The summed E-state index contributed by atoms with van der Waals surface area (Å²) in [5, 5.41) is 11.3. The predicted octanol–water partition coefficient (Wildman–Crippen LogP) is 2.79. The molecule has 0 atom stereocenters. The number of carboxylic acid groups (broad SMARTS) is 1. The highest BCUT2D eigenvalue weighted by atomic mass is 19.1. The van der Waals surface area contributed by atoms with E-state index in [9.17, 15) is 14.0 Å². The summed E-state index contributed by atoms with van der Waals surface area (Å²) in [6.45, 7) is 7.07. The molecule has 1 rings (SSSR count). The minimum Gasteiger partial charge on any atom is -0.478 e. The lowest BCUT2D eigenvalue weighted by Gasteiger charge is -2.23. The third-order valence-electron chi connectivity index (χ3n) is 3.04. The number of benzene rings is 1. The lowest BCUT2D eigenvalue weighted by atomic mass is 10.2. The van der Waals surface area contributed by atoms with Gasteiger partial charge in [0.15, 0.2) is 0 Å².